The van der Waals surface area contributed by atoms with Gasteiger partial charge in [0.1, 0.15) is 16.6 Å². The topological polar surface area (TPSA) is 75.9 Å². The van der Waals surface area contributed by atoms with Gasteiger partial charge in [0.2, 0.25) is 0 Å². The second-order valence-electron chi connectivity index (χ2n) is 6.85. The highest BCUT2D eigenvalue weighted by atomic mass is 79.9. The van der Waals surface area contributed by atoms with E-state index in [1.54, 1.807) is 6.33 Å². The number of nitrogens with one attached hydrogen (secondary N) is 2. The zero-order valence-corrected chi connectivity index (χ0v) is 13.0. The van der Waals surface area contributed by atoms with Crippen LogP contribution in [-0.2, 0) is 0 Å². The Bertz CT molecular complexity index is 497. The van der Waals surface area contributed by atoms with Crippen molar-refractivity contribution in [1.82, 2.24) is 9.97 Å². The van der Waals surface area contributed by atoms with Crippen molar-refractivity contribution in [3.05, 3.63) is 10.8 Å². The molecule has 6 heteroatoms. The van der Waals surface area contributed by atoms with E-state index in [0.29, 0.717) is 5.82 Å². The van der Waals surface area contributed by atoms with Crippen LogP contribution in [0.15, 0.2) is 10.8 Å². The van der Waals surface area contributed by atoms with Crippen molar-refractivity contribution < 1.29 is 0 Å². The van der Waals surface area contributed by atoms with E-state index in [1.807, 2.05) is 0 Å². The second kappa shape index (κ2) is 4.56. The van der Waals surface area contributed by atoms with Crippen LogP contribution in [0.4, 0.5) is 11.6 Å². The molecule has 5 nitrogen and oxygen atoms in total. The van der Waals surface area contributed by atoms with Crippen LogP contribution in [0.2, 0.25) is 0 Å². The molecule has 108 valence electrons. The first-order valence-corrected chi connectivity index (χ1v) is 8.22. The molecule has 0 saturated heterocycles. The maximum atomic E-state index is 5.48. The summed E-state index contributed by atoms with van der Waals surface area (Å²) in [6.45, 7) is 0. The van der Waals surface area contributed by atoms with E-state index in [-0.39, 0.29) is 5.54 Å². The number of nitrogens with two attached hydrogens (primary N) is 1. The number of halogens is 1. The fourth-order valence-corrected chi connectivity index (χ4v) is 5.49. The van der Waals surface area contributed by atoms with Crippen molar-refractivity contribution in [3.63, 3.8) is 0 Å². The van der Waals surface area contributed by atoms with Gasteiger partial charge in [0.05, 0.1) is 0 Å². The molecule has 0 aliphatic heterocycles. The molecule has 1 heterocycles. The van der Waals surface area contributed by atoms with E-state index in [0.717, 1.165) is 28.0 Å². The minimum atomic E-state index is 0.248. The van der Waals surface area contributed by atoms with Gasteiger partial charge in [0, 0.05) is 5.54 Å². The Morgan fingerprint density at radius 3 is 2.15 bits per heavy atom. The van der Waals surface area contributed by atoms with E-state index in [2.05, 4.69) is 36.6 Å². The van der Waals surface area contributed by atoms with Gasteiger partial charge in [-0.2, -0.15) is 0 Å². The first kappa shape index (κ1) is 12.8. The molecule has 4 fully saturated rings. The molecule has 4 saturated carbocycles. The van der Waals surface area contributed by atoms with Crippen LogP contribution < -0.4 is 16.6 Å². The number of hydrogen-bond donors (Lipinski definition) is 3. The molecule has 20 heavy (non-hydrogen) atoms. The number of nitrogens with zero attached hydrogens (tertiary/aromatic N) is 2. The van der Waals surface area contributed by atoms with Gasteiger partial charge < -0.3 is 10.7 Å². The molecule has 0 amide bonds. The normalized spacial score (nSPS) is 38.0. The highest BCUT2D eigenvalue weighted by Gasteiger charge is 2.51. The van der Waals surface area contributed by atoms with Gasteiger partial charge in [0.25, 0.3) is 0 Å². The lowest BCUT2D eigenvalue weighted by Crippen LogP contribution is -2.55. The fraction of sp³-hybridized carbons (Fsp3) is 0.714. The van der Waals surface area contributed by atoms with Gasteiger partial charge in [-0.15, -0.1) is 0 Å². The van der Waals surface area contributed by atoms with Crippen molar-refractivity contribution in [3.8, 4) is 0 Å². The number of hydrogen-bond acceptors (Lipinski definition) is 5. The van der Waals surface area contributed by atoms with Crippen LogP contribution in [0.3, 0.4) is 0 Å². The van der Waals surface area contributed by atoms with E-state index in [4.69, 9.17) is 5.84 Å². The van der Waals surface area contributed by atoms with Gasteiger partial charge in [-0.1, -0.05) is 0 Å². The summed E-state index contributed by atoms with van der Waals surface area (Å²) in [6, 6.07) is 0. The molecule has 4 aliphatic carbocycles. The number of hydrazine groups is 1. The lowest BCUT2D eigenvalue weighted by atomic mass is 9.53. The van der Waals surface area contributed by atoms with Crippen LogP contribution in [0.1, 0.15) is 38.5 Å². The summed E-state index contributed by atoms with van der Waals surface area (Å²) in [7, 11) is 0. The highest BCUT2D eigenvalue weighted by Crippen LogP contribution is 2.56. The maximum Gasteiger partial charge on any atom is 0.159 e. The minimum absolute atomic E-state index is 0.248. The van der Waals surface area contributed by atoms with E-state index in [9.17, 15) is 0 Å². The molecule has 4 N–H and O–H groups in total. The Hall–Kier alpha value is -0.880. The summed E-state index contributed by atoms with van der Waals surface area (Å²) >= 11 is 3.55. The Kier molecular flexibility index (Phi) is 2.93. The number of anilines is 2. The van der Waals surface area contributed by atoms with Gasteiger partial charge in [-0.3, -0.25) is 0 Å². The predicted molar refractivity (Wildman–Crippen MR) is 82.1 cm³/mol. The van der Waals surface area contributed by atoms with Gasteiger partial charge in [-0.25, -0.2) is 15.8 Å². The predicted octanol–water partition coefficient (Wildman–Crippen LogP) is 2.91. The lowest BCUT2D eigenvalue weighted by molar-refractivity contribution is 0.0105. The molecule has 4 bridgehead atoms. The zero-order valence-electron chi connectivity index (χ0n) is 11.4. The minimum Gasteiger partial charge on any atom is -0.364 e. The summed E-state index contributed by atoms with van der Waals surface area (Å²) in [5.74, 6) is 9.74. The largest absolute Gasteiger partial charge is 0.364 e. The maximum absolute atomic E-state index is 5.48. The van der Waals surface area contributed by atoms with Crippen LogP contribution >= 0.6 is 15.9 Å². The van der Waals surface area contributed by atoms with Gasteiger partial charge >= 0.3 is 0 Å². The van der Waals surface area contributed by atoms with Crippen molar-refractivity contribution in [2.24, 2.45) is 23.6 Å². The monoisotopic (exact) mass is 337 g/mol. The third-order valence-corrected chi connectivity index (χ3v) is 6.10. The average Bonchev–Trinajstić information content (AvgIpc) is 2.39. The summed E-state index contributed by atoms with van der Waals surface area (Å²) < 4.78 is 0.832. The number of nitrogen functional groups attached to an aromatic ring is 1. The Labute approximate surface area is 127 Å². The van der Waals surface area contributed by atoms with Crippen molar-refractivity contribution in [2.45, 2.75) is 44.1 Å². The Morgan fingerprint density at radius 2 is 1.60 bits per heavy atom. The molecule has 4 aliphatic rings. The van der Waals surface area contributed by atoms with Crippen LogP contribution in [0.25, 0.3) is 0 Å². The van der Waals surface area contributed by atoms with Crippen molar-refractivity contribution >= 4 is 27.6 Å². The first-order chi connectivity index (χ1) is 9.67. The molecule has 1 aromatic heterocycles. The number of rotatable bonds is 3. The third-order valence-electron chi connectivity index (χ3n) is 5.35. The summed E-state index contributed by atoms with van der Waals surface area (Å²) in [6.07, 6.45) is 9.77. The number of aromatic nitrogens is 2. The van der Waals surface area contributed by atoms with E-state index in [1.165, 1.54) is 38.5 Å². The summed E-state index contributed by atoms with van der Waals surface area (Å²) in [4.78, 5) is 8.52. The molecule has 0 radical (unpaired) electrons. The Morgan fingerprint density at radius 1 is 1.05 bits per heavy atom. The molecule has 0 spiro atoms. The second-order valence-corrected chi connectivity index (χ2v) is 7.65. The molecule has 0 unspecified atom stereocenters. The third kappa shape index (κ3) is 2.00. The molecular weight excluding hydrogens is 318 g/mol. The van der Waals surface area contributed by atoms with E-state index >= 15 is 0 Å². The standard InChI is InChI=1S/C14H20BrN5/c15-11-12(17-7-18-13(11)20-16)19-14-4-8-1-9(5-14)3-10(2-8)6-14/h7-10H,1-6,16H2,(H2,17,18,19,20). The molecule has 5 rings (SSSR count). The van der Waals surface area contributed by atoms with Gasteiger partial charge in [-0.05, 0) is 72.2 Å². The van der Waals surface area contributed by atoms with E-state index < -0.39 is 0 Å². The summed E-state index contributed by atoms with van der Waals surface area (Å²) in [5, 5.41) is 3.74. The SMILES string of the molecule is NNc1ncnc(NC23CC4CC(CC(C4)C2)C3)c1Br. The molecule has 0 aromatic carbocycles. The quantitative estimate of drug-likeness (QED) is 0.584. The Balaban J connectivity index is 1.63. The van der Waals surface area contributed by atoms with Crippen LogP contribution in [-0.4, -0.2) is 15.5 Å². The van der Waals surface area contributed by atoms with Crippen LogP contribution in [0.5, 0.6) is 0 Å². The lowest BCUT2D eigenvalue weighted by Gasteiger charge is -2.57. The van der Waals surface area contributed by atoms with Gasteiger partial charge in [0.15, 0.2) is 5.82 Å². The zero-order chi connectivity index (χ0) is 13.7. The molecular formula is C14H20BrN5. The fourth-order valence-electron chi connectivity index (χ4n) is 5.07. The summed E-state index contributed by atoms with van der Waals surface area (Å²) in [5.41, 5.74) is 2.85. The molecule has 1 aromatic rings. The smallest absolute Gasteiger partial charge is 0.159 e. The highest BCUT2D eigenvalue weighted by molar-refractivity contribution is 9.10. The first-order valence-electron chi connectivity index (χ1n) is 7.43. The average molecular weight is 338 g/mol. The van der Waals surface area contributed by atoms with Crippen molar-refractivity contribution in [1.29, 1.82) is 0 Å². The van der Waals surface area contributed by atoms with Crippen LogP contribution in [0, 0.1) is 17.8 Å². The van der Waals surface area contributed by atoms with Crippen molar-refractivity contribution in [2.75, 3.05) is 10.7 Å². The molecule has 0 atom stereocenters.